The van der Waals surface area contributed by atoms with Crippen molar-refractivity contribution in [2.24, 2.45) is 0 Å². The van der Waals surface area contributed by atoms with Crippen molar-refractivity contribution in [1.82, 2.24) is 15.2 Å². The number of carbonyl (C=O) groups excluding carboxylic acids is 1. The highest BCUT2D eigenvalue weighted by molar-refractivity contribution is 5.98. The number of nitrogens with one attached hydrogen (secondary N) is 1. The van der Waals surface area contributed by atoms with Gasteiger partial charge in [-0.15, -0.1) is 0 Å². The Kier molecular flexibility index (Phi) is 3.50. The number of likely N-dealkylation sites (tertiary alicyclic amines) is 1. The predicted octanol–water partition coefficient (Wildman–Crippen LogP) is 2.20. The smallest absolute Gasteiger partial charge is 0.258 e. The van der Waals surface area contributed by atoms with Gasteiger partial charge in [0.1, 0.15) is 5.75 Å². The lowest BCUT2D eigenvalue weighted by molar-refractivity contribution is -0.0393. The fourth-order valence-electron chi connectivity index (χ4n) is 3.43. The van der Waals surface area contributed by atoms with Gasteiger partial charge in [0.2, 0.25) is 0 Å². The maximum Gasteiger partial charge on any atom is 0.258 e. The zero-order valence-electron chi connectivity index (χ0n) is 12.9. The molecule has 1 aromatic heterocycles. The molecule has 5 heteroatoms. The lowest BCUT2D eigenvalue weighted by atomic mass is 9.97. The van der Waals surface area contributed by atoms with Crippen LogP contribution in [0.25, 0.3) is 0 Å². The maximum absolute atomic E-state index is 12.4. The normalized spacial score (nSPS) is 23.9. The summed E-state index contributed by atoms with van der Waals surface area (Å²) in [5.41, 5.74) is 1.22. The first-order chi connectivity index (χ1) is 11.2. The molecular formula is C18H19N3O2. The van der Waals surface area contributed by atoms with Gasteiger partial charge in [-0.1, -0.05) is 12.1 Å². The van der Waals surface area contributed by atoms with Gasteiger partial charge in [0.25, 0.3) is 5.91 Å². The molecule has 118 valence electrons. The van der Waals surface area contributed by atoms with E-state index in [0.29, 0.717) is 17.9 Å². The van der Waals surface area contributed by atoms with E-state index in [1.807, 2.05) is 42.7 Å². The van der Waals surface area contributed by atoms with E-state index >= 15 is 0 Å². The van der Waals surface area contributed by atoms with E-state index in [2.05, 4.69) is 15.2 Å². The van der Waals surface area contributed by atoms with Gasteiger partial charge in [-0.25, -0.2) is 0 Å². The van der Waals surface area contributed by atoms with Crippen LogP contribution in [0.1, 0.15) is 28.8 Å². The largest absolute Gasteiger partial charge is 0.466 e. The summed E-state index contributed by atoms with van der Waals surface area (Å²) >= 11 is 0. The molecule has 0 bridgehead atoms. The summed E-state index contributed by atoms with van der Waals surface area (Å²) in [6.07, 6.45) is 5.45. The molecule has 1 N–H and O–H groups in total. The molecule has 2 aromatic rings. The molecule has 4 rings (SSSR count). The van der Waals surface area contributed by atoms with Gasteiger partial charge in [0, 0.05) is 25.4 Å². The zero-order valence-corrected chi connectivity index (χ0v) is 12.9. The Balaban J connectivity index is 1.54. The van der Waals surface area contributed by atoms with Crippen LogP contribution in [0.3, 0.4) is 0 Å². The summed E-state index contributed by atoms with van der Waals surface area (Å²) in [6.45, 7) is 2.53. The Morgan fingerprint density at radius 1 is 1.22 bits per heavy atom. The summed E-state index contributed by atoms with van der Waals surface area (Å²) in [4.78, 5) is 18.8. The van der Waals surface area contributed by atoms with Crippen molar-refractivity contribution in [3.63, 3.8) is 0 Å². The van der Waals surface area contributed by atoms with Gasteiger partial charge >= 0.3 is 0 Å². The molecule has 1 atom stereocenters. The minimum absolute atomic E-state index is 0.0439. The summed E-state index contributed by atoms with van der Waals surface area (Å²) in [5, 5.41) is 3.09. The van der Waals surface area contributed by atoms with Gasteiger partial charge < -0.3 is 10.1 Å². The third-order valence-corrected chi connectivity index (χ3v) is 4.47. The number of aromatic nitrogens is 1. The molecule has 5 nitrogen and oxygen atoms in total. The number of para-hydroxylation sites is 1. The minimum Gasteiger partial charge on any atom is -0.466 e. The molecule has 2 aliphatic heterocycles. The highest BCUT2D eigenvalue weighted by Gasteiger charge is 2.43. The quantitative estimate of drug-likeness (QED) is 0.924. The Morgan fingerprint density at radius 2 is 2.04 bits per heavy atom. The molecule has 0 radical (unpaired) electrons. The number of fused-ring (bicyclic) bond motifs is 1. The van der Waals surface area contributed by atoms with E-state index in [-0.39, 0.29) is 5.91 Å². The molecule has 23 heavy (non-hydrogen) atoms. The molecule has 1 saturated heterocycles. The van der Waals surface area contributed by atoms with E-state index in [1.54, 1.807) is 6.07 Å². The number of carbonyl (C=O) groups is 1. The second kappa shape index (κ2) is 5.66. The first kappa shape index (κ1) is 14.2. The standard InChI is InChI=1S/C18H19N3O2/c22-17-15-4-1-2-5-16(15)23-18(20-17)8-3-11-21(13-18)12-14-6-9-19-10-7-14/h1-2,4-7,9-10H,3,8,11-13H2,(H,20,22). The van der Waals surface area contributed by atoms with Crippen molar-refractivity contribution < 1.29 is 9.53 Å². The number of ether oxygens (including phenoxy) is 1. The monoisotopic (exact) mass is 309 g/mol. The van der Waals surface area contributed by atoms with Gasteiger partial charge in [-0.05, 0) is 42.8 Å². The van der Waals surface area contributed by atoms with E-state index < -0.39 is 5.72 Å². The zero-order chi connectivity index (χ0) is 15.7. The Bertz CT molecular complexity index is 719. The lowest BCUT2D eigenvalue weighted by Crippen LogP contribution is -2.63. The van der Waals surface area contributed by atoms with Crippen LogP contribution in [0.4, 0.5) is 0 Å². The molecule has 1 fully saturated rings. The molecule has 0 aliphatic carbocycles. The topological polar surface area (TPSA) is 54.5 Å². The molecule has 1 amide bonds. The van der Waals surface area contributed by atoms with Crippen molar-refractivity contribution in [3.05, 3.63) is 59.9 Å². The van der Waals surface area contributed by atoms with Crippen LogP contribution in [0.2, 0.25) is 0 Å². The van der Waals surface area contributed by atoms with Gasteiger partial charge in [0.15, 0.2) is 5.72 Å². The van der Waals surface area contributed by atoms with Gasteiger partial charge in [-0.2, -0.15) is 0 Å². The molecule has 1 unspecified atom stereocenters. The molecule has 0 saturated carbocycles. The Morgan fingerprint density at radius 3 is 2.91 bits per heavy atom. The van der Waals surface area contributed by atoms with Crippen LogP contribution in [-0.2, 0) is 6.54 Å². The number of piperidine rings is 1. The molecule has 3 heterocycles. The number of pyridine rings is 1. The van der Waals surface area contributed by atoms with Crippen LogP contribution < -0.4 is 10.1 Å². The molecule has 2 aliphatic rings. The third-order valence-electron chi connectivity index (χ3n) is 4.47. The first-order valence-corrected chi connectivity index (χ1v) is 7.96. The highest BCUT2D eigenvalue weighted by Crippen LogP contribution is 2.32. The summed E-state index contributed by atoms with van der Waals surface area (Å²) in [7, 11) is 0. The van der Waals surface area contributed by atoms with Gasteiger partial charge in [-0.3, -0.25) is 14.7 Å². The number of amides is 1. The number of hydrogen-bond acceptors (Lipinski definition) is 4. The summed E-state index contributed by atoms with van der Waals surface area (Å²) in [6, 6.07) is 11.5. The van der Waals surface area contributed by atoms with Crippen molar-refractivity contribution in [2.75, 3.05) is 13.1 Å². The maximum atomic E-state index is 12.4. The van der Waals surface area contributed by atoms with E-state index in [1.165, 1.54) is 5.56 Å². The molecule has 1 spiro atoms. The van der Waals surface area contributed by atoms with Crippen molar-refractivity contribution in [3.8, 4) is 5.75 Å². The fourth-order valence-corrected chi connectivity index (χ4v) is 3.43. The van der Waals surface area contributed by atoms with Crippen LogP contribution in [0.5, 0.6) is 5.75 Å². The number of hydrogen-bond donors (Lipinski definition) is 1. The van der Waals surface area contributed by atoms with Crippen molar-refractivity contribution >= 4 is 5.91 Å². The Labute approximate surface area is 135 Å². The minimum atomic E-state index is -0.614. The number of benzene rings is 1. The van der Waals surface area contributed by atoms with Crippen molar-refractivity contribution in [2.45, 2.75) is 25.1 Å². The lowest BCUT2D eigenvalue weighted by Gasteiger charge is -2.45. The second-order valence-corrected chi connectivity index (χ2v) is 6.22. The van der Waals surface area contributed by atoms with E-state index in [9.17, 15) is 4.79 Å². The van der Waals surface area contributed by atoms with Crippen molar-refractivity contribution in [1.29, 1.82) is 0 Å². The fraction of sp³-hybridized carbons (Fsp3) is 0.333. The van der Waals surface area contributed by atoms with E-state index in [4.69, 9.17) is 4.74 Å². The number of nitrogens with zero attached hydrogens (tertiary/aromatic N) is 2. The van der Waals surface area contributed by atoms with Crippen LogP contribution in [-0.4, -0.2) is 34.6 Å². The van der Waals surface area contributed by atoms with Crippen LogP contribution >= 0.6 is 0 Å². The average molecular weight is 309 g/mol. The molecular weight excluding hydrogens is 290 g/mol. The number of rotatable bonds is 2. The third kappa shape index (κ3) is 2.80. The molecule has 1 aromatic carbocycles. The van der Waals surface area contributed by atoms with Crippen LogP contribution in [0, 0.1) is 0 Å². The SMILES string of the molecule is O=C1NC2(CCCN(Cc3ccncc3)C2)Oc2ccccc21. The average Bonchev–Trinajstić information content (AvgIpc) is 2.56. The first-order valence-electron chi connectivity index (χ1n) is 7.96. The predicted molar refractivity (Wildman–Crippen MR) is 86.0 cm³/mol. The highest BCUT2D eigenvalue weighted by atomic mass is 16.5. The Hall–Kier alpha value is -2.40. The van der Waals surface area contributed by atoms with Crippen LogP contribution in [0.15, 0.2) is 48.8 Å². The second-order valence-electron chi connectivity index (χ2n) is 6.22. The summed E-state index contributed by atoms with van der Waals surface area (Å²) < 4.78 is 6.21. The van der Waals surface area contributed by atoms with E-state index in [0.717, 1.165) is 25.9 Å². The summed E-state index contributed by atoms with van der Waals surface area (Å²) in [5.74, 6) is 0.639. The van der Waals surface area contributed by atoms with Gasteiger partial charge in [0.05, 0.1) is 12.1 Å².